The van der Waals surface area contributed by atoms with E-state index < -0.39 is 0 Å². The van der Waals surface area contributed by atoms with Gasteiger partial charge in [0.1, 0.15) is 16.2 Å². The first-order valence-corrected chi connectivity index (χ1v) is 10.2. The van der Waals surface area contributed by atoms with E-state index in [1.165, 1.54) is 21.8 Å². The molecule has 23 heavy (non-hydrogen) atoms. The molecule has 4 rings (SSSR count). The van der Waals surface area contributed by atoms with Gasteiger partial charge in [0.15, 0.2) is 4.34 Å². The predicted molar refractivity (Wildman–Crippen MR) is 95.6 cm³/mol. The van der Waals surface area contributed by atoms with Gasteiger partial charge in [-0.25, -0.2) is 4.98 Å². The number of fused-ring (bicyclic) bond motifs is 3. The van der Waals surface area contributed by atoms with Crippen molar-refractivity contribution in [3.8, 4) is 0 Å². The second-order valence-corrected chi connectivity index (χ2v) is 9.45. The maximum Gasteiger partial charge on any atom is 0.259 e. The number of aryl methyl sites for hydroxylation is 1. The SMILES string of the molecule is C[C@H]1CCc2c(sc3nc([C@@H](C)Sc4nncs4)[nH]c(=O)c23)C1. The Morgan fingerprint density at radius 2 is 2.35 bits per heavy atom. The van der Waals surface area contributed by atoms with Crippen LogP contribution in [0.4, 0.5) is 0 Å². The van der Waals surface area contributed by atoms with E-state index >= 15 is 0 Å². The van der Waals surface area contributed by atoms with Crippen LogP contribution in [-0.2, 0) is 12.8 Å². The smallest absolute Gasteiger partial charge is 0.259 e. The zero-order chi connectivity index (χ0) is 16.0. The summed E-state index contributed by atoms with van der Waals surface area (Å²) in [5, 5.41) is 8.74. The van der Waals surface area contributed by atoms with Crippen molar-refractivity contribution in [2.45, 2.75) is 42.7 Å². The van der Waals surface area contributed by atoms with Crippen LogP contribution in [-0.4, -0.2) is 20.2 Å². The van der Waals surface area contributed by atoms with Crippen LogP contribution in [0.25, 0.3) is 10.2 Å². The summed E-state index contributed by atoms with van der Waals surface area (Å²) < 4.78 is 0.888. The zero-order valence-electron chi connectivity index (χ0n) is 12.8. The van der Waals surface area contributed by atoms with Crippen molar-refractivity contribution in [2.24, 2.45) is 5.92 Å². The number of H-pyrrole nitrogens is 1. The summed E-state index contributed by atoms with van der Waals surface area (Å²) in [6, 6.07) is 0. The lowest BCUT2D eigenvalue weighted by atomic mass is 9.89. The molecule has 1 aliphatic carbocycles. The van der Waals surface area contributed by atoms with Crippen LogP contribution in [0.1, 0.15) is 41.8 Å². The number of hydrogen-bond donors (Lipinski definition) is 1. The lowest BCUT2D eigenvalue weighted by Gasteiger charge is -2.17. The highest BCUT2D eigenvalue weighted by atomic mass is 32.2. The summed E-state index contributed by atoms with van der Waals surface area (Å²) in [6.07, 6.45) is 3.22. The van der Waals surface area contributed by atoms with Crippen molar-refractivity contribution in [3.63, 3.8) is 0 Å². The third-order valence-corrected chi connectivity index (χ3v) is 7.26. The number of aromatic nitrogens is 4. The minimum atomic E-state index is 0.00164. The van der Waals surface area contributed by atoms with Crippen LogP contribution in [0.2, 0.25) is 0 Å². The molecule has 2 atom stereocenters. The molecule has 8 heteroatoms. The van der Waals surface area contributed by atoms with Crippen molar-refractivity contribution >= 4 is 44.7 Å². The van der Waals surface area contributed by atoms with E-state index in [0.29, 0.717) is 11.7 Å². The number of rotatable bonds is 3. The van der Waals surface area contributed by atoms with E-state index in [4.69, 9.17) is 4.98 Å². The van der Waals surface area contributed by atoms with E-state index in [2.05, 4.69) is 22.1 Å². The molecule has 3 aromatic rings. The Hall–Kier alpha value is -1.25. The van der Waals surface area contributed by atoms with Gasteiger partial charge in [-0.2, -0.15) is 0 Å². The van der Waals surface area contributed by atoms with Gasteiger partial charge < -0.3 is 4.98 Å². The van der Waals surface area contributed by atoms with Crippen LogP contribution in [0.3, 0.4) is 0 Å². The number of aromatic amines is 1. The fourth-order valence-electron chi connectivity index (χ4n) is 2.98. The fourth-order valence-corrected chi connectivity index (χ4v) is 6.05. The maximum atomic E-state index is 12.6. The Kier molecular flexibility index (Phi) is 3.98. The average Bonchev–Trinajstić information content (AvgIpc) is 3.13. The van der Waals surface area contributed by atoms with E-state index in [0.717, 1.165) is 33.8 Å². The maximum absolute atomic E-state index is 12.6. The number of nitrogens with one attached hydrogen (secondary N) is 1. The van der Waals surface area contributed by atoms with E-state index in [1.54, 1.807) is 28.6 Å². The Morgan fingerprint density at radius 3 is 3.13 bits per heavy atom. The van der Waals surface area contributed by atoms with Gasteiger partial charge in [0.2, 0.25) is 0 Å². The largest absolute Gasteiger partial charge is 0.309 e. The molecular weight excluding hydrogens is 348 g/mol. The average molecular weight is 365 g/mol. The molecule has 120 valence electrons. The normalized spacial score (nSPS) is 19.0. The van der Waals surface area contributed by atoms with Gasteiger partial charge in [-0.1, -0.05) is 30.0 Å². The molecule has 0 saturated carbocycles. The highest BCUT2D eigenvalue weighted by Crippen LogP contribution is 2.37. The van der Waals surface area contributed by atoms with E-state index in [9.17, 15) is 4.79 Å². The molecule has 0 aliphatic heterocycles. The van der Waals surface area contributed by atoms with Crippen molar-refractivity contribution in [2.75, 3.05) is 0 Å². The highest BCUT2D eigenvalue weighted by Gasteiger charge is 2.24. The zero-order valence-corrected chi connectivity index (χ0v) is 15.3. The van der Waals surface area contributed by atoms with Crippen molar-refractivity contribution in [1.82, 2.24) is 20.2 Å². The summed E-state index contributed by atoms with van der Waals surface area (Å²) in [5.74, 6) is 1.41. The molecule has 3 aromatic heterocycles. The Labute approximate surface area is 145 Å². The van der Waals surface area contributed by atoms with Gasteiger partial charge in [0, 0.05) is 4.88 Å². The molecule has 0 unspecified atom stereocenters. The number of thioether (sulfide) groups is 1. The van der Waals surface area contributed by atoms with Crippen LogP contribution >= 0.6 is 34.4 Å². The van der Waals surface area contributed by atoms with Crippen LogP contribution in [0.15, 0.2) is 14.6 Å². The fraction of sp³-hybridized carbons (Fsp3) is 0.467. The monoisotopic (exact) mass is 364 g/mol. The summed E-state index contributed by atoms with van der Waals surface area (Å²) in [7, 11) is 0. The molecule has 0 saturated heterocycles. The van der Waals surface area contributed by atoms with Gasteiger partial charge in [0.05, 0.1) is 10.6 Å². The van der Waals surface area contributed by atoms with Crippen molar-refractivity contribution < 1.29 is 0 Å². The van der Waals surface area contributed by atoms with E-state index in [1.807, 2.05) is 6.92 Å². The van der Waals surface area contributed by atoms with Gasteiger partial charge in [-0.05, 0) is 37.7 Å². The minimum absolute atomic E-state index is 0.00164. The number of thiophene rings is 1. The summed E-state index contributed by atoms with van der Waals surface area (Å²) in [6.45, 7) is 4.31. The molecule has 0 aromatic carbocycles. The second kappa shape index (κ2) is 5.99. The molecule has 0 amide bonds. The van der Waals surface area contributed by atoms with Crippen LogP contribution in [0, 0.1) is 5.92 Å². The Bertz CT molecular complexity index is 899. The first-order valence-electron chi connectivity index (χ1n) is 7.59. The molecule has 0 bridgehead atoms. The molecule has 0 spiro atoms. The summed E-state index contributed by atoms with van der Waals surface area (Å²) >= 11 is 4.76. The Morgan fingerprint density at radius 1 is 1.48 bits per heavy atom. The minimum Gasteiger partial charge on any atom is -0.309 e. The molecule has 0 radical (unpaired) electrons. The molecule has 5 nitrogen and oxygen atoms in total. The molecule has 0 fully saturated rings. The summed E-state index contributed by atoms with van der Waals surface area (Å²) in [5.41, 5.74) is 2.94. The van der Waals surface area contributed by atoms with Crippen LogP contribution < -0.4 is 5.56 Å². The quantitative estimate of drug-likeness (QED) is 0.716. The standard InChI is InChI=1S/C15H16N4OS3/c1-7-3-4-9-10(5-7)23-14-11(9)13(20)17-12(18-14)8(2)22-15-19-16-6-21-15/h6-8H,3-5H2,1-2H3,(H,17,18,20)/t7-,8+/m0/s1. The first-order chi connectivity index (χ1) is 11.1. The second-order valence-electron chi connectivity index (χ2n) is 5.95. The first kappa shape index (κ1) is 15.3. The van der Waals surface area contributed by atoms with Gasteiger partial charge in [-0.15, -0.1) is 21.5 Å². The Balaban J connectivity index is 1.74. The molecule has 1 aliphatic rings. The number of nitrogens with zero attached hydrogens (tertiary/aromatic N) is 3. The van der Waals surface area contributed by atoms with Crippen LogP contribution in [0.5, 0.6) is 0 Å². The lowest BCUT2D eigenvalue weighted by molar-refractivity contribution is 0.509. The molecule has 1 N–H and O–H groups in total. The summed E-state index contributed by atoms with van der Waals surface area (Å²) in [4.78, 5) is 22.6. The molecular formula is C15H16N4OS3. The topological polar surface area (TPSA) is 71.5 Å². The van der Waals surface area contributed by atoms with Crippen molar-refractivity contribution in [1.29, 1.82) is 0 Å². The predicted octanol–water partition coefficient (Wildman–Crippen LogP) is 3.81. The van der Waals surface area contributed by atoms with E-state index in [-0.39, 0.29) is 10.8 Å². The lowest BCUT2D eigenvalue weighted by Crippen LogP contribution is -2.15. The number of hydrogen-bond acceptors (Lipinski definition) is 7. The molecule has 3 heterocycles. The van der Waals surface area contributed by atoms with Gasteiger partial charge in [-0.3, -0.25) is 4.79 Å². The highest BCUT2D eigenvalue weighted by molar-refractivity contribution is 8.01. The van der Waals surface area contributed by atoms with Crippen molar-refractivity contribution in [3.05, 3.63) is 32.1 Å². The third kappa shape index (κ3) is 2.83. The third-order valence-electron chi connectivity index (χ3n) is 4.19. The van der Waals surface area contributed by atoms with Gasteiger partial charge >= 0.3 is 0 Å². The van der Waals surface area contributed by atoms with Gasteiger partial charge in [0.25, 0.3) is 5.56 Å².